The van der Waals surface area contributed by atoms with Crippen molar-refractivity contribution in [2.75, 3.05) is 6.26 Å². The number of rotatable bonds is 3. The van der Waals surface area contributed by atoms with Gasteiger partial charge < -0.3 is 5.11 Å². The van der Waals surface area contributed by atoms with Gasteiger partial charge in [-0.3, -0.25) is 4.68 Å². The largest absolute Gasteiger partial charge is 0.478 e. The van der Waals surface area contributed by atoms with E-state index in [1.54, 1.807) is 0 Å². The van der Waals surface area contributed by atoms with Crippen molar-refractivity contribution in [3.8, 4) is 0 Å². The summed E-state index contributed by atoms with van der Waals surface area (Å²) in [6.45, 7) is 0. The Hall–Kier alpha value is -1.37. The van der Waals surface area contributed by atoms with Gasteiger partial charge in [-0.2, -0.15) is 5.10 Å². The molecule has 0 radical (unpaired) electrons. The molecule has 0 aromatic carbocycles. The predicted molar refractivity (Wildman–Crippen MR) is 48.7 cm³/mol. The number of aryl methyl sites for hydroxylation is 1. The van der Waals surface area contributed by atoms with Gasteiger partial charge in [-0.05, 0) is 0 Å². The predicted octanol–water partition coefficient (Wildman–Crippen LogP) is -0.337. The van der Waals surface area contributed by atoms with E-state index in [2.05, 4.69) is 5.10 Å². The van der Waals surface area contributed by atoms with Gasteiger partial charge in [0, 0.05) is 13.3 Å². The second-order valence-electron chi connectivity index (χ2n) is 3.00. The Kier molecular flexibility index (Phi) is 2.61. The van der Waals surface area contributed by atoms with Gasteiger partial charge in [0.15, 0.2) is 9.84 Å². The van der Waals surface area contributed by atoms with E-state index in [4.69, 9.17) is 5.11 Å². The van der Waals surface area contributed by atoms with Gasteiger partial charge in [-0.25, -0.2) is 13.2 Å². The summed E-state index contributed by atoms with van der Waals surface area (Å²) in [5.41, 5.74) is 0.123. The molecule has 1 aromatic heterocycles. The molecule has 0 atom stereocenters. The molecule has 0 bridgehead atoms. The molecule has 1 N–H and O–H groups in total. The fraction of sp³-hybridized carbons (Fsp3) is 0.429. The first-order valence-electron chi connectivity index (χ1n) is 3.73. The Balaban J connectivity index is 3.19. The van der Waals surface area contributed by atoms with E-state index in [0.717, 1.165) is 12.5 Å². The third-order valence-electron chi connectivity index (χ3n) is 1.69. The van der Waals surface area contributed by atoms with E-state index in [1.807, 2.05) is 0 Å². The highest BCUT2D eigenvalue weighted by molar-refractivity contribution is 7.89. The van der Waals surface area contributed by atoms with Crippen molar-refractivity contribution in [1.82, 2.24) is 9.78 Å². The average Bonchev–Trinajstić information content (AvgIpc) is 2.29. The summed E-state index contributed by atoms with van der Waals surface area (Å²) >= 11 is 0. The number of hydrogen-bond donors (Lipinski definition) is 1. The Morgan fingerprint density at radius 2 is 2.21 bits per heavy atom. The summed E-state index contributed by atoms with van der Waals surface area (Å²) in [5, 5.41) is 12.4. The smallest absolute Gasteiger partial charge is 0.339 e. The van der Waals surface area contributed by atoms with Crippen molar-refractivity contribution < 1.29 is 18.3 Å². The lowest BCUT2D eigenvalue weighted by molar-refractivity contribution is 0.0696. The summed E-state index contributed by atoms with van der Waals surface area (Å²) in [6, 6.07) is 0. The molecule has 1 rings (SSSR count). The van der Waals surface area contributed by atoms with Crippen molar-refractivity contribution >= 4 is 15.8 Å². The van der Waals surface area contributed by atoms with Crippen molar-refractivity contribution in [3.05, 3.63) is 17.5 Å². The molecule has 0 fully saturated rings. The molecule has 0 aliphatic heterocycles. The summed E-state index contributed by atoms with van der Waals surface area (Å²) < 4.78 is 23.2. The Morgan fingerprint density at radius 3 is 2.64 bits per heavy atom. The lowest BCUT2D eigenvalue weighted by atomic mass is 10.3. The maximum absolute atomic E-state index is 11.0. The zero-order valence-electron chi connectivity index (χ0n) is 7.76. The fourth-order valence-corrected chi connectivity index (χ4v) is 1.90. The minimum atomic E-state index is -3.25. The van der Waals surface area contributed by atoms with Gasteiger partial charge in [0.25, 0.3) is 0 Å². The second-order valence-corrected chi connectivity index (χ2v) is 5.14. The molecular weight excluding hydrogens is 208 g/mol. The van der Waals surface area contributed by atoms with E-state index >= 15 is 0 Å². The number of nitrogens with zero attached hydrogens (tertiary/aromatic N) is 2. The van der Waals surface area contributed by atoms with Crippen molar-refractivity contribution in [2.24, 2.45) is 7.05 Å². The van der Waals surface area contributed by atoms with Gasteiger partial charge >= 0.3 is 5.97 Å². The monoisotopic (exact) mass is 218 g/mol. The Bertz CT molecular complexity index is 460. The standard InChI is InChI=1S/C7H10N2O4S/c1-9-6(4-14(2,12)13)5(3-8-9)7(10)11/h3H,4H2,1-2H3,(H,10,11). The maximum Gasteiger partial charge on any atom is 0.339 e. The zero-order valence-corrected chi connectivity index (χ0v) is 8.58. The number of carboxylic acid groups (broad SMARTS) is 1. The third kappa shape index (κ3) is 2.32. The highest BCUT2D eigenvalue weighted by Gasteiger charge is 2.18. The van der Waals surface area contributed by atoms with E-state index in [9.17, 15) is 13.2 Å². The normalized spacial score (nSPS) is 11.6. The van der Waals surface area contributed by atoms with Crippen LogP contribution in [0.4, 0.5) is 0 Å². The Labute approximate surface area is 81.1 Å². The lowest BCUT2D eigenvalue weighted by Gasteiger charge is -2.01. The number of aromatic carboxylic acids is 1. The van der Waals surface area contributed by atoms with E-state index in [1.165, 1.54) is 11.7 Å². The highest BCUT2D eigenvalue weighted by Crippen LogP contribution is 2.10. The molecule has 0 saturated heterocycles. The van der Waals surface area contributed by atoms with Crippen LogP contribution in [0.3, 0.4) is 0 Å². The zero-order chi connectivity index (χ0) is 10.9. The molecule has 1 aromatic rings. The molecule has 14 heavy (non-hydrogen) atoms. The molecule has 0 saturated carbocycles. The summed E-state index contributed by atoms with van der Waals surface area (Å²) in [6.07, 6.45) is 2.19. The molecule has 6 nitrogen and oxygen atoms in total. The quantitative estimate of drug-likeness (QED) is 0.749. The lowest BCUT2D eigenvalue weighted by Crippen LogP contribution is -2.10. The van der Waals surface area contributed by atoms with Crippen LogP contribution in [-0.4, -0.2) is 35.5 Å². The molecule has 78 valence electrons. The van der Waals surface area contributed by atoms with Crippen LogP contribution in [0.1, 0.15) is 16.1 Å². The number of carboxylic acids is 1. The number of aromatic nitrogens is 2. The van der Waals surface area contributed by atoms with Crippen LogP contribution in [0.5, 0.6) is 0 Å². The van der Waals surface area contributed by atoms with Crippen molar-refractivity contribution in [1.29, 1.82) is 0 Å². The van der Waals surface area contributed by atoms with E-state index in [0.29, 0.717) is 0 Å². The van der Waals surface area contributed by atoms with Crippen LogP contribution in [0, 0.1) is 0 Å². The molecule has 0 aliphatic rings. The topological polar surface area (TPSA) is 89.3 Å². The van der Waals surface area contributed by atoms with Gasteiger partial charge in [0.1, 0.15) is 5.56 Å². The average molecular weight is 218 g/mol. The molecular formula is C7H10N2O4S. The Morgan fingerprint density at radius 1 is 1.64 bits per heavy atom. The molecule has 0 unspecified atom stereocenters. The summed E-state index contributed by atoms with van der Waals surface area (Å²) in [5.74, 6) is -1.48. The van der Waals surface area contributed by atoms with Crippen molar-refractivity contribution in [2.45, 2.75) is 5.75 Å². The SMILES string of the molecule is Cn1ncc(C(=O)O)c1CS(C)(=O)=O. The van der Waals surface area contributed by atoms with Gasteiger partial charge in [0.05, 0.1) is 17.6 Å². The van der Waals surface area contributed by atoms with Crippen LogP contribution < -0.4 is 0 Å². The fourth-order valence-electron chi connectivity index (χ4n) is 1.06. The minimum Gasteiger partial charge on any atom is -0.478 e. The third-order valence-corrected chi connectivity index (χ3v) is 2.49. The molecule has 1 heterocycles. The van der Waals surface area contributed by atoms with E-state index in [-0.39, 0.29) is 17.0 Å². The first-order valence-corrected chi connectivity index (χ1v) is 5.79. The minimum absolute atomic E-state index is 0.0714. The molecule has 0 amide bonds. The first kappa shape index (κ1) is 10.7. The van der Waals surface area contributed by atoms with Crippen LogP contribution in [0.25, 0.3) is 0 Å². The van der Waals surface area contributed by atoms with E-state index < -0.39 is 15.8 Å². The maximum atomic E-state index is 11.0. The first-order chi connectivity index (χ1) is 6.31. The summed E-state index contributed by atoms with van der Waals surface area (Å²) in [4.78, 5) is 10.7. The van der Waals surface area contributed by atoms with Crippen molar-refractivity contribution in [3.63, 3.8) is 0 Å². The molecule has 0 spiro atoms. The highest BCUT2D eigenvalue weighted by atomic mass is 32.2. The van der Waals surface area contributed by atoms with Gasteiger partial charge in [-0.1, -0.05) is 0 Å². The number of hydrogen-bond acceptors (Lipinski definition) is 4. The second kappa shape index (κ2) is 3.41. The number of carbonyl (C=O) groups is 1. The van der Waals surface area contributed by atoms with Crippen LogP contribution >= 0.6 is 0 Å². The van der Waals surface area contributed by atoms with Gasteiger partial charge in [-0.15, -0.1) is 0 Å². The number of sulfone groups is 1. The summed E-state index contributed by atoms with van der Waals surface area (Å²) in [7, 11) is -1.74. The van der Waals surface area contributed by atoms with Gasteiger partial charge in [0.2, 0.25) is 0 Å². The van der Waals surface area contributed by atoms with Crippen LogP contribution in [0.2, 0.25) is 0 Å². The molecule has 7 heteroatoms. The molecule has 0 aliphatic carbocycles. The van der Waals surface area contributed by atoms with Crippen LogP contribution in [0.15, 0.2) is 6.20 Å². The van der Waals surface area contributed by atoms with Crippen LogP contribution in [-0.2, 0) is 22.6 Å².